The van der Waals surface area contributed by atoms with Gasteiger partial charge in [-0.3, -0.25) is 9.48 Å². The average molecular weight is 331 g/mol. The Hall–Kier alpha value is -2.67. The van der Waals surface area contributed by atoms with Crippen LogP contribution in [-0.2, 0) is 21.4 Å². The molecule has 0 saturated heterocycles. The van der Waals surface area contributed by atoms with E-state index in [1.165, 1.54) is 6.92 Å². The predicted octanol–water partition coefficient (Wildman–Crippen LogP) is 1.64. The Morgan fingerprint density at radius 2 is 1.88 bits per heavy atom. The zero-order valence-electron chi connectivity index (χ0n) is 14.1. The Balaban J connectivity index is 2.00. The first-order valence-corrected chi connectivity index (χ1v) is 7.55. The molecule has 2 rings (SSSR count). The monoisotopic (exact) mass is 331 g/mol. The zero-order valence-corrected chi connectivity index (χ0v) is 14.1. The summed E-state index contributed by atoms with van der Waals surface area (Å²) in [6, 6.07) is 8.40. The van der Waals surface area contributed by atoms with Gasteiger partial charge in [0, 0.05) is 7.05 Å². The minimum atomic E-state index is -1.43. The summed E-state index contributed by atoms with van der Waals surface area (Å²) in [7, 11) is 1.78. The number of aliphatic hydroxyl groups excluding tert-OH is 1. The first kappa shape index (κ1) is 17.7. The van der Waals surface area contributed by atoms with Gasteiger partial charge in [0.2, 0.25) is 0 Å². The number of esters is 1. The second-order valence-electron chi connectivity index (χ2n) is 5.55. The Labute approximate surface area is 140 Å². The molecule has 0 aliphatic carbocycles. The van der Waals surface area contributed by atoms with Crippen LogP contribution in [0.15, 0.2) is 30.3 Å². The highest BCUT2D eigenvalue weighted by Gasteiger charge is 2.25. The van der Waals surface area contributed by atoms with Crippen molar-refractivity contribution in [2.45, 2.75) is 33.0 Å². The molecule has 0 spiro atoms. The van der Waals surface area contributed by atoms with Crippen molar-refractivity contribution in [3.8, 4) is 0 Å². The fraction of sp³-hybridized carbons (Fsp3) is 0.353. The van der Waals surface area contributed by atoms with Gasteiger partial charge in [0.05, 0.1) is 17.1 Å². The van der Waals surface area contributed by atoms with Crippen LogP contribution in [0.5, 0.6) is 0 Å². The van der Waals surface area contributed by atoms with Gasteiger partial charge in [-0.05, 0) is 26.3 Å². The van der Waals surface area contributed by atoms with Gasteiger partial charge < -0.3 is 15.2 Å². The number of aromatic nitrogens is 2. The van der Waals surface area contributed by atoms with Crippen LogP contribution in [0.4, 0.5) is 5.69 Å². The largest absolute Gasteiger partial charge is 0.450 e. The molecule has 0 saturated carbocycles. The van der Waals surface area contributed by atoms with E-state index in [0.717, 1.165) is 5.69 Å². The second-order valence-corrected chi connectivity index (χ2v) is 5.55. The zero-order chi connectivity index (χ0) is 17.9. The molecular formula is C17H21N3O4. The van der Waals surface area contributed by atoms with Crippen LogP contribution in [0.3, 0.4) is 0 Å². The number of benzene rings is 1. The Morgan fingerprint density at radius 1 is 1.25 bits per heavy atom. The minimum Gasteiger partial charge on any atom is -0.450 e. The van der Waals surface area contributed by atoms with Crippen LogP contribution >= 0.6 is 0 Å². The minimum absolute atomic E-state index is 0.411. The van der Waals surface area contributed by atoms with Crippen molar-refractivity contribution in [2.24, 2.45) is 7.05 Å². The molecule has 7 heteroatoms. The van der Waals surface area contributed by atoms with Gasteiger partial charge in [-0.25, -0.2) is 4.79 Å². The van der Waals surface area contributed by atoms with Gasteiger partial charge in [0.1, 0.15) is 0 Å². The van der Waals surface area contributed by atoms with Crippen molar-refractivity contribution in [3.05, 3.63) is 47.3 Å². The first-order chi connectivity index (χ1) is 11.3. The van der Waals surface area contributed by atoms with E-state index in [1.54, 1.807) is 49.0 Å². The molecule has 24 heavy (non-hydrogen) atoms. The third-order valence-electron chi connectivity index (χ3n) is 3.76. The van der Waals surface area contributed by atoms with E-state index in [1.807, 2.05) is 6.92 Å². The van der Waals surface area contributed by atoms with E-state index in [9.17, 15) is 14.7 Å². The molecule has 0 unspecified atom stereocenters. The summed E-state index contributed by atoms with van der Waals surface area (Å²) in [6.07, 6.45) is -2.47. The topological polar surface area (TPSA) is 93.5 Å². The summed E-state index contributed by atoms with van der Waals surface area (Å²) in [5.41, 5.74) is 2.47. The number of nitrogens with zero attached hydrogens (tertiary/aromatic N) is 2. The van der Waals surface area contributed by atoms with Gasteiger partial charge in [-0.1, -0.05) is 30.3 Å². The normalized spacial score (nSPS) is 13.2. The van der Waals surface area contributed by atoms with Crippen molar-refractivity contribution in [1.82, 2.24) is 9.78 Å². The van der Waals surface area contributed by atoms with Gasteiger partial charge in [-0.15, -0.1) is 0 Å². The van der Waals surface area contributed by atoms with Gasteiger partial charge in [0.25, 0.3) is 5.91 Å². The van der Waals surface area contributed by atoms with Gasteiger partial charge in [0.15, 0.2) is 12.2 Å². The molecule has 0 aliphatic rings. The molecule has 7 nitrogen and oxygen atoms in total. The number of anilines is 1. The van der Waals surface area contributed by atoms with Crippen molar-refractivity contribution in [2.75, 3.05) is 5.32 Å². The molecule has 2 atom stereocenters. The van der Waals surface area contributed by atoms with E-state index in [4.69, 9.17) is 4.74 Å². The quantitative estimate of drug-likeness (QED) is 0.813. The summed E-state index contributed by atoms with van der Waals surface area (Å²) >= 11 is 0. The average Bonchev–Trinajstić information content (AvgIpc) is 2.81. The van der Waals surface area contributed by atoms with E-state index < -0.39 is 24.1 Å². The first-order valence-electron chi connectivity index (χ1n) is 7.55. The molecule has 1 amide bonds. The lowest BCUT2D eigenvalue weighted by Gasteiger charge is -2.16. The predicted molar refractivity (Wildman–Crippen MR) is 88.3 cm³/mol. The van der Waals surface area contributed by atoms with Crippen molar-refractivity contribution < 1.29 is 19.4 Å². The number of ether oxygens (including phenoxy) is 1. The van der Waals surface area contributed by atoms with Crippen molar-refractivity contribution in [1.29, 1.82) is 0 Å². The van der Waals surface area contributed by atoms with E-state index >= 15 is 0 Å². The molecule has 2 N–H and O–H groups in total. The number of aryl methyl sites for hydroxylation is 2. The number of rotatable bonds is 5. The van der Waals surface area contributed by atoms with E-state index in [0.29, 0.717) is 16.9 Å². The van der Waals surface area contributed by atoms with Crippen LogP contribution in [0, 0.1) is 13.8 Å². The fourth-order valence-corrected chi connectivity index (χ4v) is 2.24. The lowest BCUT2D eigenvalue weighted by molar-refractivity contribution is -0.162. The molecule has 0 aliphatic heterocycles. The fourth-order valence-electron chi connectivity index (χ4n) is 2.24. The number of carbonyl (C=O) groups excluding carboxylic acids is 2. The highest BCUT2D eigenvalue weighted by Crippen LogP contribution is 2.19. The number of amides is 1. The third-order valence-corrected chi connectivity index (χ3v) is 3.76. The molecule has 128 valence electrons. The van der Waals surface area contributed by atoms with Crippen LogP contribution < -0.4 is 5.32 Å². The number of nitrogens with one attached hydrogen (secondary N) is 1. The molecule has 0 bridgehead atoms. The molecule has 1 aromatic carbocycles. The molecule has 0 fully saturated rings. The Morgan fingerprint density at radius 3 is 2.42 bits per heavy atom. The number of hydrogen-bond donors (Lipinski definition) is 2. The van der Waals surface area contributed by atoms with Gasteiger partial charge in [-0.2, -0.15) is 5.10 Å². The van der Waals surface area contributed by atoms with Crippen molar-refractivity contribution >= 4 is 17.6 Å². The highest BCUT2D eigenvalue weighted by molar-refractivity contribution is 5.96. The molecule has 1 heterocycles. The third kappa shape index (κ3) is 3.80. The summed E-state index contributed by atoms with van der Waals surface area (Å²) in [5, 5.41) is 16.9. The van der Waals surface area contributed by atoms with E-state index in [-0.39, 0.29) is 0 Å². The Bertz CT molecular complexity index is 740. The summed E-state index contributed by atoms with van der Waals surface area (Å²) < 4.78 is 6.71. The maximum Gasteiger partial charge on any atom is 0.340 e. The smallest absolute Gasteiger partial charge is 0.340 e. The number of carbonyl (C=O) groups is 2. The SMILES string of the molecule is Cc1nn(C)c(C)c1NC(=O)[C@H](C)OC(=O)[C@H](O)c1ccccc1. The lowest BCUT2D eigenvalue weighted by atomic mass is 10.1. The van der Waals surface area contributed by atoms with Crippen LogP contribution in [0.1, 0.15) is 30.0 Å². The molecular weight excluding hydrogens is 310 g/mol. The van der Waals surface area contributed by atoms with E-state index in [2.05, 4.69) is 10.4 Å². The summed E-state index contributed by atoms with van der Waals surface area (Å²) in [4.78, 5) is 24.2. The standard InChI is InChI=1S/C17H21N3O4/c1-10-14(11(2)20(4)19-10)18-16(22)12(3)24-17(23)15(21)13-8-6-5-7-9-13/h5-9,12,15,21H,1-4H3,(H,18,22)/t12-,15+/m0/s1. The molecule has 2 aromatic rings. The van der Waals surface area contributed by atoms with Crippen LogP contribution in [0.2, 0.25) is 0 Å². The second kappa shape index (κ2) is 7.27. The van der Waals surface area contributed by atoms with Crippen LogP contribution in [0.25, 0.3) is 0 Å². The molecule has 0 radical (unpaired) electrons. The summed E-state index contributed by atoms with van der Waals surface area (Å²) in [5.74, 6) is -1.36. The maximum atomic E-state index is 12.2. The number of hydrogen-bond acceptors (Lipinski definition) is 5. The summed E-state index contributed by atoms with van der Waals surface area (Å²) in [6.45, 7) is 5.05. The van der Waals surface area contributed by atoms with Gasteiger partial charge >= 0.3 is 5.97 Å². The lowest BCUT2D eigenvalue weighted by Crippen LogP contribution is -2.32. The number of aliphatic hydroxyl groups is 1. The van der Waals surface area contributed by atoms with Crippen molar-refractivity contribution in [3.63, 3.8) is 0 Å². The highest BCUT2D eigenvalue weighted by atomic mass is 16.6. The maximum absolute atomic E-state index is 12.2. The Kier molecular flexibility index (Phi) is 5.35. The van der Waals surface area contributed by atoms with Crippen LogP contribution in [-0.4, -0.2) is 32.9 Å². The molecule has 1 aromatic heterocycles.